The summed E-state index contributed by atoms with van der Waals surface area (Å²) in [5, 5.41) is 7.77. The van der Waals surface area contributed by atoms with Gasteiger partial charge in [0.1, 0.15) is 5.75 Å². The van der Waals surface area contributed by atoms with Crippen LogP contribution < -0.4 is 15.5 Å². The number of thiocarbonyl (C=S) groups is 1. The van der Waals surface area contributed by atoms with Crippen molar-refractivity contribution in [3.05, 3.63) is 58.6 Å². The Kier molecular flexibility index (Phi) is 5.91. The summed E-state index contributed by atoms with van der Waals surface area (Å²) >= 11 is 8.63. The van der Waals surface area contributed by atoms with Gasteiger partial charge in [0, 0.05) is 10.2 Å². The molecule has 2 N–H and O–H groups in total. The molecule has 0 bridgehead atoms. The number of ether oxygens (including phenoxy) is 1. The van der Waals surface area contributed by atoms with Gasteiger partial charge in [0.15, 0.2) is 5.11 Å². The lowest BCUT2D eigenvalue weighted by Crippen LogP contribution is -2.24. The van der Waals surface area contributed by atoms with Crippen LogP contribution >= 0.6 is 28.1 Å². The molecule has 4 nitrogen and oxygen atoms in total. The number of benzene rings is 2. The molecule has 22 heavy (non-hydrogen) atoms. The van der Waals surface area contributed by atoms with E-state index in [1.54, 1.807) is 7.11 Å². The largest absolute Gasteiger partial charge is 0.497 e. The Morgan fingerprint density at radius 3 is 2.32 bits per heavy atom. The molecule has 2 rings (SSSR count). The molecule has 6 heteroatoms. The van der Waals surface area contributed by atoms with Crippen LogP contribution in [0.2, 0.25) is 0 Å². The highest BCUT2D eigenvalue weighted by Crippen LogP contribution is 2.15. The molecule has 0 saturated carbocycles. The van der Waals surface area contributed by atoms with Crippen LogP contribution in [-0.4, -0.2) is 17.9 Å². The lowest BCUT2D eigenvalue weighted by atomic mass is 10.1. The molecule has 0 heterocycles. The van der Waals surface area contributed by atoms with E-state index in [0.717, 1.165) is 27.2 Å². The summed E-state index contributed by atoms with van der Waals surface area (Å²) in [5.41, 5.74) is 5.59. The molecule has 0 aromatic heterocycles. The molecule has 2 aromatic rings. The van der Waals surface area contributed by atoms with E-state index in [0.29, 0.717) is 5.11 Å². The van der Waals surface area contributed by atoms with Gasteiger partial charge in [0.25, 0.3) is 0 Å². The fourth-order valence-corrected chi connectivity index (χ4v) is 2.15. The second kappa shape index (κ2) is 7.91. The minimum Gasteiger partial charge on any atom is -0.497 e. The van der Waals surface area contributed by atoms with Crippen molar-refractivity contribution in [1.29, 1.82) is 0 Å². The molecular weight excluding hydrogens is 362 g/mol. The Labute approximate surface area is 143 Å². The van der Waals surface area contributed by atoms with E-state index in [2.05, 4.69) is 31.8 Å². The summed E-state index contributed by atoms with van der Waals surface area (Å²) in [6.45, 7) is 1.92. The van der Waals surface area contributed by atoms with E-state index in [9.17, 15) is 0 Å². The lowest BCUT2D eigenvalue weighted by molar-refractivity contribution is 0.415. The van der Waals surface area contributed by atoms with E-state index in [4.69, 9.17) is 17.0 Å². The van der Waals surface area contributed by atoms with Gasteiger partial charge < -0.3 is 10.1 Å². The van der Waals surface area contributed by atoms with E-state index in [1.165, 1.54) is 0 Å². The van der Waals surface area contributed by atoms with Gasteiger partial charge in [-0.3, -0.25) is 5.43 Å². The third-order valence-corrected chi connectivity index (χ3v) is 3.66. The number of hydrazone groups is 1. The quantitative estimate of drug-likeness (QED) is 0.476. The first kappa shape index (κ1) is 16.5. The van der Waals surface area contributed by atoms with E-state index in [1.807, 2.05) is 55.5 Å². The number of anilines is 1. The van der Waals surface area contributed by atoms with Crippen molar-refractivity contribution in [3.8, 4) is 5.75 Å². The summed E-state index contributed by atoms with van der Waals surface area (Å²) in [4.78, 5) is 0. The molecule has 0 spiro atoms. The molecule has 0 aliphatic rings. The van der Waals surface area contributed by atoms with Gasteiger partial charge in [-0.25, -0.2) is 0 Å². The molecule has 0 atom stereocenters. The van der Waals surface area contributed by atoms with Crippen molar-refractivity contribution in [2.24, 2.45) is 5.10 Å². The Bertz CT molecular complexity index is 669. The highest BCUT2D eigenvalue weighted by atomic mass is 79.9. The fourth-order valence-electron chi connectivity index (χ4n) is 1.72. The smallest absolute Gasteiger partial charge is 0.191 e. The fraction of sp³-hybridized carbons (Fsp3) is 0.125. The standard InChI is InChI=1S/C16H16BrN3OS/c1-11(12-3-5-13(17)6-4-12)19-20-16(22)18-14-7-9-15(21-2)10-8-14/h3-10H,1-2H3,(H2,18,20,22)/b19-11-. The maximum absolute atomic E-state index is 5.22. The average molecular weight is 378 g/mol. The number of nitrogens with one attached hydrogen (secondary N) is 2. The molecule has 0 fully saturated rings. The number of halogens is 1. The van der Waals surface area contributed by atoms with Gasteiger partial charge in [-0.1, -0.05) is 28.1 Å². The summed E-state index contributed by atoms with van der Waals surface area (Å²) in [7, 11) is 1.63. The Morgan fingerprint density at radius 1 is 1.09 bits per heavy atom. The van der Waals surface area contributed by atoms with Crippen molar-refractivity contribution in [2.45, 2.75) is 6.92 Å². The second-order valence-electron chi connectivity index (χ2n) is 4.50. The number of rotatable bonds is 4. The van der Waals surface area contributed by atoms with E-state index < -0.39 is 0 Å². The van der Waals surface area contributed by atoms with Crippen LogP contribution in [0.5, 0.6) is 5.75 Å². The summed E-state index contributed by atoms with van der Waals surface area (Å²) in [6.07, 6.45) is 0. The number of nitrogens with zero attached hydrogens (tertiary/aromatic N) is 1. The lowest BCUT2D eigenvalue weighted by Gasteiger charge is -2.09. The predicted octanol–water partition coefficient (Wildman–Crippen LogP) is 4.17. The van der Waals surface area contributed by atoms with Crippen molar-refractivity contribution in [3.63, 3.8) is 0 Å². The predicted molar refractivity (Wildman–Crippen MR) is 98.7 cm³/mol. The molecular formula is C16H16BrN3OS. The van der Waals surface area contributed by atoms with Crippen LogP contribution in [0.1, 0.15) is 12.5 Å². The molecule has 2 aromatic carbocycles. The zero-order chi connectivity index (χ0) is 15.9. The number of hydrogen-bond acceptors (Lipinski definition) is 3. The Morgan fingerprint density at radius 2 is 1.73 bits per heavy atom. The van der Waals surface area contributed by atoms with Gasteiger partial charge in [-0.05, 0) is 61.1 Å². The van der Waals surface area contributed by atoms with Crippen LogP contribution in [0.25, 0.3) is 0 Å². The topological polar surface area (TPSA) is 45.6 Å². The maximum atomic E-state index is 5.22. The zero-order valence-electron chi connectivity index (χ0n) is 12.3. The van der Waals surface area contributed by atoms with Crippen LogP contribution in [0, 0.1) is 0 Å². The van der Waals surface area contributed by atoms with Crippen molar-refractivity contribution in [2.75, 3.05) is 12.4 Å². The van der Waals surface area contributed by atoms with Gasteiger partial charge in [0.2, 0.25) is 0 Å². The third-order valence-electron chi connectivity index (χ3n) is 2.94. The van der Waals surface area contributed by atoms with E-state index >= 15 is 0 Å². The molecule has 0 unspecified atom stereocenters. The molecule has 0 amide bonds. The highest BCUT2D eigenvalue weighted by molar-refractivity contribution is 9.10. The summed E-state index contributed by atoms with van der Waals surface area (Å²) in [6, 6.07) is 15.4. The highest BCUT2D eigenvalue weighted by Gasteiger charge is 2.00. The van der Waals surface area contributed by atoms with Crippen LogP contribution in [0.15, 0.2) is 58.1 Å². The number of methoxy groups -OCH3 is 1. The minimum absolute atomic E-state index is 0.432. The van der Waals surface area contributed by atoms with Crippen molar-refractivity contribution in [1.82, 2.24) is 5.43 Å². The van der Waals surface area contributed by atoms with Crippen LogP contribution in [0.3, 0.4) is 0 Å². The third kappa shape index (κ3) is 4.82. The van der Waals surface area contributed by atoms with Gasteiger partial charge >= 0.3 is 0 Å². The molecule has 0 aliphatic carbocycles. The first-order valence-corrected chi connectivity index (χ1v) is 7.80. The maximum Gasteiger partial charge on any atom is 0.191 e. The first-order chi connectivity index (χ1) is 10.6. The van der Waals surface area contributed by atoms with E-state index in [-0.39, 0.29) is 0 Å². The first-order valence-electron chi connectivity index (χ1n) is 6.60. The zero-order valence-corrected chi connectivity index (χ0v) is 14.7. The summed E-state index contributed by atoms with van der Waals surface area (Å²) in [5.74, 6) is 0.800. The van der Waals surface area contributed by atoms with Gasteiger partial charge in [0.05, 0.1) is 12.8 Å². The summed E-state index contributed by atoms with van der Waals surface area (Å²) < 4.78 is 6.14. The normalized spacial score (nSPS) is 11.0. The monoisotopic (exact) mass is 377 g/mol. The number of hydrogen-bond donors (Lipinski definition) is 2. The Hall–Kier alpha value is -1.92. The van der Waals surface area contributed by atoms with Crippen molar-refractivity contribution < 1.29 is 4.74 Å². The van der Waals surface area contributed by atoms with Crippen LogP contribution in [0.4, 0.5) is 5.69 Å². The SMILES string of the molecule is COc1ccc(NC(=S)N/N=C(/C)c2ccc(Br)cc2)cc1. The Balaban J connectivity index is 1.93. The average Bonchev–Trinajstić information content (AvgIpc) is 2.54. The molecule has 114 valence electrons. The molecule has 0 aliphatic heterocycles. The van der Waals surface area contributed by atoms with Crippen LogP contribution in [-0.2, 0) is 0 Å². The minimum atomic E-state index is 0.432. The second-order valence-corrected chi connectivity index (χ2v) is 5.82. The van der Waals surface area contributed by atoms with Gasteiger partial charge in [-0.15, -0.1) is 0 Å². The van der Waals surface area contributed by atoms with Gasteiger partial charge in [-0.2, -0.15) is 5.10 Å². The molecule has 0 saturated heterocycles. The molecule has 0 radical (unpaired) electrons. The van der Waals surface area contributed by atoms with Crippen molar-refractivity contribution >= 4 is 44.7 Å².